The summed E-state index contributed by atoms with van der Waals surface area (Å²) in [4.78, 5) is 0. The van der Waals surface area contributed by atoms with Crippen LogP contribution in [0.4, 0.5) is 5.69 Å². The van der Waals surface area contributed by atoms with E-state index in [4.69, 9.17) is 16.2 Å². The van der Waals surface area contributed by atoms with Crippen LogP contribution in [-0.2, 0) is 6.42 Å². The number of hydrogen-bond acceptors (Lipinski definition) is 3. The molecule has 1 aliphatic heterocycles. The van der Waals surface area contributed by atoms with Crippen molar-refractivity contribution >= 4 is 5.69 Å². The molecule has 4 N–H and O–H groups in total. The highest BCUT2D eigenvalue weighted by molar-refractivity contribution is 5.49. The molecule has 64 valence electrons. The van der Waals surface area contributed by atoms with Crippen LogP contribution in [0.5, 0.6) is 5.75 Å². The number of nitrogen functional groups attached to an aromatic ring is 1. The van der Waals surface area contributed by atoms with Crippen molar-refractivity contribution in [3.05, 3.63) is 23.8 Å². The van der Waals surface area contributed by atoms with Crippen molar-refractivity contribution in [2.24, 2.45) is 5.73 Å². The van der Waals surface area contributed by atoms with Gasteiger partial charge in [-0.2, -0.15) is 0 Å². The first kappa shape index (κ1) is 7.43. The third-order valence-electron chi connectivity index (χ3n) is 2.03. The number of benzene rings is 1. The Hall–Kier alpha value is -1.22. The largest absolute Gasteiger partial charge is 0.492 e. The van der Waals surface area contributed by atoms with Crippen molar-refractivity contribution < 1.29 is 4.74 Å². The maximum atomic E-state index is 5.73. The molecule has 1 aliphatic rings. The van der Waals surface area contributed by atoms with Gasteiger partial charge in [0, 0.05) is 17.8 Å². The molecule has 0 saturated carbocycles. The summed E-state index contributed by atoms with van der Waals surface area (Å²) in [5.41, 5.74) is 13.2. The van der Waals surface area contributed by atoms with E-state index in [1.807, 2.05) is 18.2 Å². The molecule has 12 heavy (non-hydrogen) atoms. The van der Waals surface area contributed by atoms with Crippen molar-refractivity contribution in [2.75, 3.05) is 12.3 Å². The maximum absolute atomic E-state index is 5.73. The third kappa shape index (κ3) is 1.23. The first-order valence-corrected chi connectivity index (χ1v) is 4.02. The van der Waals surface area contributed by atoms with Gasteiger partial charge in [-0.1, -0.05) is 6.07 Å². The lowest BCUT2D eigenvalue weighted by atomic mass is 10.0. The van der Waals surface area contributed by atoms with Gasteiger partial charge in [-0.25, -0.2) is 0 Å². The summed E-state index contributed by atoms with van der Waals surface area (Å²) in [6.07, 6.45) is 0.885. The molecular formula is C9H12N2O. The zero-order valence-corrected chi connectivity index (χ0v) is 6.79. The molecule has 0 spiro atoms. The number of anilines is 1. The first-order chi connectivity index (χ1) is 5.75. The molecule has 0 aromatic heterocycles. The van der Waals surface area contributed by atoms with E-state index in [0.29, 0.717) is 6.61 Å². The fraction of sp³-hybridized carbons (Fsp3) is 0.333. The van der Waals surface area contributed by atoms with Crippen molar-refractivity contribution in [3.63, 3.8) is 0 Å². The predicted octanol–water partition coefficient (Wildman–Crippen LogP) is 0.531. The Balaban J connectivity index is 2.37. The Bertz CT molecular complexity index is 299. The molecular weight excluding hydrogens is 152 g/mol. The second kappa shape index (κ2) is 2.68. The lowest BCUT2D eigenvalue weighted by Crippen LogP contribution is -2.33. The van der Waals surface area contributed by atoms with E-state index in [0.717, 1.165) is 23.4 Å². The summed E-state index contributed by atoms with van der Waals surface area (Å²) in [5, 5.41) is 0. The Morgan fingerprint density at radius 3 is 3.08 bits per heavy atom. The normalized spacial score (nSPS) is 21.2. The lowest BCUT2D eigenvalue weighted by molar-refractivity contribution is 0.264. The van der Waals surface area contributed by atoms with Gasteiger partial charge in [0.15, 0.2) is 0 Å². The van der Waals surface area contributed by atoms with E-state index in [-0.39, 0.29) is 6.04 Å². The van der Waals surface area contributed by atoms with Crippen LogP contribution in [0.25, 0.3) is 0 Å². The molecule has 0 saturated heterocycles. The van der Waals surface area contributed by atoms with E-state index >= 15 is 0 Å². The van der Waals surface area contributed by atoms with Gasteiger partial charge in [0.25, 0.3) is 0 Å². The van der Waals surface area contributed by atoms with Crippen LogP contribution in [0, 0.1) is 0 Å². The van der Waals surface area contributed by atoms with E-state index in [9.17, 15) is 0 Å². The summed E-state index contributed by atoms with van der Waals surface area (Å²) in [5.74, 6) is 0.886. The highest BCUT2D eigenvalue weighted by atomic mass is 16.5. The average Bonchev–Trinajstić information content (AvgIpc) is 2.05. The number of fused-ring (bicyclic) bond motifs is 1. The van der Waals surface area contributed by atoms with Crippen molar-refractivity contribution in [3.8, 4) is 5.75 Å². The summed E-state index contributed by atoms with van der Waals surface area (Å²) >= 11 is 0. The summed E-state index contributed by atoms with van der Waals surface area (Å²) in [6.45, 7) is 0.594. The van der Waals surface area contributed by atoms with Gasteiger partial charge in [0.1, 0.15) is 12.4 Å². The zero-order chi connectivity index (χ0) is 8.55. The van der Waals surface area contributed by atoms with Crippen LogP contribution in [0.15, 0.2) is 18.2 Å². The molecule has 0 fully saturated rings. The van der Waals surface area contributed by atoms with Crippen LogP contribution in [0.1, 0.15) is 5.56 Å². The minimum atomic E-state index is 0.126. The smallest absolute Gasteiger partial charge is 0.124 e. The molecule has 1 aromatic rings. The van der Waals surface area contributed by atoms with Gasteiger partial charge in [0.05, 0.1) is 0 Å². The standard InChI is InChI=1S/C9H12N2O/c10-7-2-1-6-3-8(11)5-12-9(6)4-7/h1-2,4,8H,3,5,10-11H2. The molecule has 0 bridgehead atoms. The van der Waals surface area contributed by atoms with Crippen molar-refractivity contribution in [1.82, 2.24) is 0 Å². The van der Waals surface area contributed by atoms with Gasteiger partial charge >= 0.3 is 0 Å². The number of rotatable bonds is 0. The number of ether oxygens (including phenoxy) is 1. The number of nitrogens with two attached hydrogens (primary N) is 2. The monoisotopic (exact) mass is 164 g/mol. The minimum Gasteiger partial charge on any atom is -0.492 e. The Morgan fingerprint density at radius 2 is 2.25 bits per heavy atom. The molecule has 1 unspecified atom stereocenters. The third-order valence-corrected chi connectivity index (χ3v) is 2.03. The van der Waals surface area contributed by atoms with Crippen molar-refractivity contribution in [2.45, 2.75) is 12.5 Å². The van der Waals surface area contributed by atoms with Crippen LogP contribution in [-0.4, -0.2) is 12.6 Å². The second-order valence-electron chi connectivity index (χ2n) is 3.14. The van der Waals surface area contributed by atoms with Gasteiger partial charge in [-0.15, -0.1) is 0 Å². The van der Waals surface area contributed by atoms with Gasteiger partial charge in [0.2, 0.25) is 0 Å². The first-order valence-electron chi connectivity index (χ1n) is 4.02. The highest BCUT2D eigenvalue weighted by Crippen LogP contribution is 2.26. The molecule has 3 heteroatoms. The SMILES string of the molecule is Nc1ccc2c(c1)OCC(N)C2. The quantitative estimate of drug-likeness (QED) is 0.550. The van der Waals surface area contributed by atoms with E-state index < -0.39 is 0 Å². The maximum Gasteiger partial charge on any atom is 0.124 e. The van der Waals surface area contributed by atoms with E-state index in [1.165, 1.54) is 0 Å². The number of hydrogen-bond donors (Lipinski definition) is 2. The summed E-state index contributed by atoms with van der Waals surface area (Å²) in [7, 11) is 0. The van der Waals surface area contributed by atoms with Crippen LogP contribution >= 0.6 is 0 Å². The topological polar surface area (TPSA) is 61.3 Å². The summed E-state index contributed by atoms with van der Waals surface area (Å²) < 4.78 is 5.41. The second-order valence-corrected chi connectivity index (χ2v) is 3.14. The molecule has 1 atom stereocenters. The average molecular weight is 164 g/mol. The fourth-order valence-electron chi connectivity index (χ4n) is 1.41. The van der Waals surface area contributed by atoms with Crippen LogP contribution in [0.2, 0.25) is 0 Å². The van der Waals surface area contributed by atoms with Crippen LogP contribution < -0.4 is 16.2 Å². The Kier molecular flexibility index (Phi) is 1.66. The van der Waals surface area contributed by atoms with Gasteiger partial charge < -0.3 is 16.2 Å². The van der Waals surface area contributed by atoms with E-state index in [1.54, 1.807) is 0 Å². The Morgan fingerprint density at radius 1 is 1.42 bits per heavy atom. The predicted molar refractivity (Wildman–Crippen MR) is 48.0 cm³/mol. The van der Waals surface area contributed by atoms with Gasteiger partial charge in [-0.05, 0) is 18.1 Å². The lowest BCUT2D eigenvalue weighted by Gasteiger charge is -2.22. The van der Waals surface area contributed by atoms with E-state index in [2.05, 4.69) is 0 Å². The molecule has 0 aliphatic carbocycles. The molecule has 1 heterocycles. The molecule has 3 nitrogen and oxygen atoms in total. The minimum absolute atomic E-state index is 0.126. The molecule has 1 aromatic carbocycles. The summed E-state index contributed by atoms with van der Waals surface area (Å²) in [6, 6.07) is 5.83. The zero-order valence-electron chi connectivity index (χ0n) is 6.79. The Labute approximate surface area is 71.3 Å². The molecule has 0 amide bonds. The molecule has 0 radical (unpaired) electrons. The molecule has 2 rings (SSSR count). The van der Waals surface area contributed by atoms with Crippen molar-refractivity contribution in [1.29, 1.82) is 0 Å². The fourth-order valence-corrected chi connectivity index (χ4v) is 1.41. The van der Waals surface area contributed by atoms with Gasteiger partial charge in [-0.3, -0.25) is 0 Å². The highest BCUT2D eigenvalue weighted by Gasteiger charge is 2.15. The van der Waals surface area contributed by atoms with Crippen LogP contribution in [0.3, 0.4) is 0 Å².